The molecular formula is C18H22FN3O4. The highest BCUT2D eigenvalue weighted by atomic mass is 19.1. The van der Waals surface area contributed by atoms with Gasteiger partial charge in [0.25, 0.3) is 0 Å². The quantitative estimate of drug-likeness (QED) is 0.828. The van der Waals surface area contributed by atoms with Crippen LogP contribution in [0.15, 0.2) is 24.3 Å². The number of carbonyl (C=O) groups excluding carboxylic acids is 3. The number of nitrogens with one attached hydrogen (secondary N) is 1. The second-order valence-electron chi connectivity index (χ2n) is 6.49. The van der Waals surface area contributed by atoms with E-state index in [0.29, 0.717) is 45.6 Å². The maximum Gasteiger partial charge on any atom is 0.409 e. The lowest BCUT2D eigenvalue weighted by Crippen LogP contribution is -2.53. The Balaban J connectivity index is 1.60. The predicted octanol–water partition coefficient (Wildman–Crippen LogP) is 1.85. The molecule has 0 radical (unpaired) electrons. The van der Waals surface area contributed by atoms with Crippen LogP contribution in [0.4, 0.5) is 14.9 Å². The molecule has 0 spiro atoms. The van der Waals surface area contributed by atoms with Crippen molar-refractivity contribution in [1.29, 1.82) is 0 Å². The molecular weight excluding hydrogens is 341 g/mol. The summed E-state index contributed by atoms with van der Waals surface area (Å²) in [5, 5.41) is 2.53. The number of hydrogen-bond donors (Lipinski definition) is 1. The summed E-state index contributed by atoms with van der Waals surface area (Å²) >= 11 is 0. The van der Waals surface area contributed by atoms with Crippen LogP contribution < -0.4 is 5.32 Å². The van der Waals surface area contributed by atoms with Gasteiger partial charge in [-0.15, -0.1) is 0 Å². The van der Waals surface area contributed by atoms with Crippen LogP contribution in [0.25, 0.3) is 0 Å². The molecule has 2 fully saturated rings. The zero-order chi connectivity index (χ0) is 18.7. The van der Waals surface area contributed by atoms with Crippen LogP contribution in [0.2, 0.25) is 0 Å². The van der Waals surface area contributed by atoms with Crippen molar-refractivity contribution in [2.24, 2.45) is 5.41 Å². The summed E-state index contributed by atoms with van der Waals surface area (Å²) in [4.78, 5) is 40.3. The van der Waals surface area contributed by atoms with Crippen LogP contribution in [0.3, 0.4) is 0 Å². The standard InChI is InChI=1S/C18H22FN3O4/c1-2-26-17(25)22-11-9-21(10-12-22)16(24)18(7-8-18)15(23)20-14-6-4-3-5-13(14)19/h3-6H,2,7-12H2,1H3,(H,20,23). The monoisotopic (exact) mass is 363 g/mol. The number of nitrogens with zero attached hydrogens (tertiary/aromatic N) is 2. The van der Waals surface area contributed by atoms with E-state index in [1.807, 2.05) is 0 Å². The van der Waals surface area contributed by atoms with E-state index in [4.69, 9.17) is 4.74 Å². The Morgan fingerprint density at radius 2 is 1.73 bits per heavy atom. The summed E-state index contributed by atoms with van der Waals surface area (Å²) < 4.78 is 18.7. The highest BCUT2D eigenvalue weighted by molar-refractivity contribution is 6.13. The topological polar surface area (TPSA) is 79.0 Å². The van der Waals surface area contributed by atoms with Crippen LogP contribution in [-0.4, -0.2) is 60.5 Å². The molecule has 8 heteroatoms. The molecule has 1 aromatic rings. The Hall–Kier alpha value is -2.64. The summed E-state index contributed by atoms with van der Waals surface area (Å²) in [6, 6.07) is 5.87. The SMILES string of the molecule is CCOC(=O)N1CCN(C(=O)C2(C(=O)Nc3ccccc3F)CC2)CC1. The van der Waals surface area contributed by atoms with Crippen molar-refractivity contribution in [2.75, 3.05) is 38.1 Å². The number of anilines is 1. The first kappa shape index (κ1) is 18.2. The van der Waals surface area contributed by atoms with E-state index in [2.05, 4.69) is 5.32 Å². The Bertz CT molecular complexity index is 712. The normalized spacial score (nSPS) is 18.2. The third kappa shape index (κ3) is 3.49. The van der Waals surface area contributed by atoms with E-state index in [-0.39, 0.29) is 11.6 Å². The van der Waals surface area contributed by atoms with E-state index in [9.17, 15) is 18.8 Å². The molecule has 7 nitrogen and oxygen atoms in total. The lowest BCUT2D eigenvalue weighted by Gasteiger charge is -2.35. The number of benzene rings is 1. The van der Waals surface area contributed by atoms with Gasteiger partial charge in [0.05, 0.1) is 12.3 Å². The van der Waals surface area contributed by atoms with Gasteiger partial charge in [0, 0.05) is 26.2 Å². The number of ether oxygens (including phenoxy) is 1. The molecule has 140 valence electrons. The number of rotatable bonds is 4. The van der Waals surface area contributed by atoms with Gasteiger partial charge in [0.1, 0.15) is 11.2 Å². The van der Waals surface area contributed by atoms with E-state index in [0.717, 1.165) is 0 Å². The van der Waals surface area contributed by atoms with E-state index < -0.39 is 23.2 Å². The molecule has 0 bridgehead atoms. The first-order chi connectivity index (χ1) is 12.5. The molecule has 3 rings (SSSR count). The first-order valence-electron chi connectivity index (χ1n) is 8.75. The van der Waals surface area contributed by atoms with Gasteiger partial charge in [-0.25, -0.2) is 9.18 Å². The van der Waals surface area contributed by atoms with Gasteiger partial charge < -0.3 is 19.9 Å². The Kier molecular flexibility index (Phi) is 5.11. The summed E-state index contributed by atoms with van der Waals surface area (Å²) in [6.07, 6.45) is 0.507. The minimum absolute atomic E-state index is 0.0729. The fraction of sp³-hybridized carbons (Fsp3) is 0.500. The molecule has 2 aliphatic rings. The summed E-state index contributed by atoms with van der Waals surface area (Å²) in [6.45, 7) is 3.49. The Morgan fingerprint density at radius 3 is 2.31 bits per heavy atom. The maximum atomic E-state index is 13.7. The summed E-state index contributed by atoms with van der Waals surface area (Å²) in [5.74, 6) is -1.26. The second kappa shape index (κ2) is 7.31. The van der Waals surface area contributed by atoms with Gasteiger partial charge in [0.2, 0.25) is 11.8 Å². The predicted molar refractivity (Wildman–Crippen MR) is 91.9 cm³/mol. The summed E-state index contributed by atoms with van der Waals surface area (Å²) in [7, 11) is 0. The molecule has 0 unspecified atom stereocenters. The highest BCUT2D eigenvalue weighted by Crippen LogP contribution is 2.48. The van der Waals surface area contributed by atoms with E-state index in [1.165, 1.54) is 18.2 Å². The third-order valence-electron chi connectivity index (χ3n) is 4.81. The first-order valence-corrected chi connectivity index (χ1v) is 8.75. The largest absolute Gasteiger partial charge is 0.450 e. The van der Waals surface area contributed by atoms with Crippen molar-refractivity contribution < 1.29 is 23.5 Å². The summed E-state index contributed by atoms with van der Waals surface area (Å²) in [5.41, 5.74) is -1.04. The average molecular weight is 363 g/mol. The van der Waals surface area contributed by atoms with Crippen LogP contribution in [0, 0.1) is 11.2 Å². The number of piperazine rings is 1. The molecule has 1 N–H and O–H groups in total. The number of halogens is 1. The number of para-hydroxylation sites is 1. The van der Waals surface area contributed by atoms with E-state index >= 15 is 0 Å². The van der Waals surface area contributed by atoms with Crippen molar-refractivity contribution in [3.63, 3.8) is 0 Å². The molecule has 3 amide bonds. The van der Waals surface area contributed by atoms with Crippen LogP contribution in [0.5, 0.6) is 0 Å². The van der Waals surface area contributed by atoms with Crippen LogP contribution in [0.1, 0.15) is 19.8 Å². The molecule has 1 aromatic carbocycles. The van der Waals surface area contributed by atoms with Crippen LogP contribution >= 0.6 is 0 Å². The van der Waals surface area contributed by atoms with Gasteiger partial charge in [-0.3, -0.25) is 9.59 Å². The number of amides is 3. The van der Waals surface area contributed by atoms with Gasteiger partial charge in [-0.05, 0) is 31.9 Å². The van der Waals surface area contributed by atoms with Crippen molar-refractivity contribution >= 4 is 23.6 Å². The highest BCUT2D eigenvalue weighted by Gasteiger charge is 2.58. The lowest BCUT2D eigenvalue weighted by molar-refractivity contribution is -0.143. The minimum atomic E-state index is -1.12. The zero-order valence-corrected chi connectivity index (χ0v) is 14.7. The van der Waals surface area contributed by atoms with Gasteiger partial charge in [-0.1, -0.05) is 12.1 Å². The van der Waals surface area contributed by atoms with Crippen molar-refractivity contribution in [2.45, 2.75) is 19.8 Å². The molecule has 1 aliphatic carbocycles. The molecule has 1 saturated carbocycles. The van der Waals surface area contributed by atoms with Crippen molar-refractivity contribution in [3.8, 4) is 0 Å². The molecule has 1 aliphatic heterocycles. The number of carbonyl (C=O) groups is 3. The van der Waals surface area contributed by atoms with E-state index in [1.54, 1.807) is 22.8 Å². The fourth-order valence-electron chi connectivity index (χ4n) is 3.08. The van der Waals surface area contributed by atoms with Gasteiger partial charge >= 0.3 is 6.09 Å². The molecule has 1 saturated heterocycles. The van der Waals surface area contributed by atoms with Crippen molar-refractivity contribution in [3.05, 3.63) is 30.1 Å². The van der Waals surface area contributed by atoms with Crippen molar-refractivity contribution in [1.82, 2.24) is 9.80 Å². The van der Waals surface area contributed by atoms with Gasteiger partial charge in [-0.2, -0.15) is 0 Å². The smallest absolute Gasteiger partial charge is 0.409 e. The Labute approximate surface area is 151 Å². The molecule has 0 atom stereocenters. The zero-order valence-electron chi connectivity index (χ0n) is 14.7. The second-order valence-corrected chi connectivity index (χ2v) is 6.49. The van der Waals surface area contributed by atoms with Crippen LogP contribution in [-0.2, 0) is 14.3 Å². The maximum absolute atomic E-state index is 13.7. The molecule has 26 heavy (non-hydrogen) atoms. The molecule has 1 heterocycles. The molecule has 0 aromatic heterocycles. The van der Waals surface area contributed by atoms with Gasteiger partial charge in [0.15, 0.2) is 0 Å². The minimum Gasteiger partial charge on any atom is -0.450 e. The third-order valence-corrected chi connectivity index (χ3v) is 4.81. The fourth-order valence-corrected chi connectivity index (χ4v) is 3.08. The lowest BCUT2D eigenvalue weighted by atomic mass is 10.0. The Morgan fingerprint density at radius 1 is 1.12 bits per heavy atom. The number of hydrogen-bond acceptors (Lipinski definition) is 4. The average Bonchev–Trinajstić information content (AvgIpc) is 3.45.